The van der Waals surface area contributed by atoms with E-state index in [9.17, 15) is 18.4 Å². The van der Waals surface area contributed by atoms with Gasteiger partial charge in [0.25, 0.3) is 5.91 Å². The van der Waals surface area contributed by atoms with Crippen LogP contribution in [0.2, 0.25) is 0 Å². The van der Waals surface area contributed by atoms with E-state index in [4.69, 9.17) is 4.74 Å². The Morgan fingerprint density at radius 3 is 2.52 bits per heavy atom. The van der Waals surface area contributed by atoms with Crippen LogP contribution in [0.15, 0.2) is 42.5 Å². The summed E-state index contributed by atoms with van der Waals surface area (Å²) >= 11 is 0. The number of anilines is 2. The number of methoxy groups -OCH3 is 1. The first kappa shape index (κ1) is 22.3. The maximum absolute atomic E-state index is 12.4. The highest BCUT2D eigenvalue weighted by Gasteiger charge is 2.19. The third-order valence-corrected chi connectivity index (χ3v) is 4.99. The monoisotopic (exact) mass is 433 g/mol. The van der Waals surface area contributed by atoms with Gasteiger partial charge in [0.2, 0.25) is 5.91 Å². The van der Waals surface area contributed by atoms with Crippen molar-refractivity contribution in [3.8, 4) is 11.5 Å². The Bertz CT molecular complexity index is 921. The first-order chi connectivity index (χ1) is 14.9. The average Bonchev–Trinajstić information content (AvgIpc) is 3.18. The van der Waals surface area contributed by atoms with Crippen LogP contribution in [0.1, 0.15) is 23.7 Å². The van der Waals surface area contributed by atoms with Crippen LogP contribution < -0.4 is 25.0 Å². The fourth-order valence-electron chi connectivity index (χ4n) is 3.40. The number of nitrogens with zero attached hydrogens (tertiary/aromatic N) is 1. The van der Waals surface area contributed by atoms with E-state index in [2.05, 4.69) is 27.2 Å². The summed E-state index contributed by atoms with van der Waals surface area (Å²) in [5, 5.41) is 5.22. The molecule has 0 saturated carbocycles. The number of carbonyl (C=O) groups excluding carboxylic acids is 2. The molecular weight excluding hydrogens is 408 g/mol. The summed E-state index contributed by atoms with van der Waals surface area (Å²) in [6.07, 6.45) is 1.17. The third-order valence-electron chi connectivity index (χ3n) is 4.99. The topological polar surface area (TPSA) is 79.9 Å². The predicted octanol–water partition coefficient (Wildman–Crippen LogP) is 3.51. The molecule has 0 bridgehead atoms. The lowest BCUT2D eigenvalue weighted by Crippen LogP contribution is -2.32. The molecule has 1 unspecified atom stereocenters. The Morgan fingerprint density at radius 2 is 1.90 bits per heavy atom. The van der Waals surface area contributed by atoms with Crippen LogP contribution in [0.3, 0.4) is 0 Å². The molecule has 0 aliphatic carbocycles. The van der Waals surface area contributed by atoms with Crippen molar-refractivity contribution in [2.45, 2.75) is 20.0 Å². The smallest absolute Gasteiger partial charge is 0.387 e. The number of rotatable bonds is 8. The van der Waals surface area contributed by atoms with Crippen molar-refractivity contribution in [2.75, 3.05) is 37.0 Å². The van der Waals surface area contributed by atoms with Gasteiger partial charge in [-0.25, -0.2) is 0 Å². The second-order valence-corrected chi connectivity index (χ2v) is 7.36. The van der Waals surface area contributed by atoms with Crippen molar-refractivity contribution in [1.29, 1.82) is 0 Å². The Hall–Kier alpha value is -3.36. The highest BCUT2D eigenvalue weighted by Crippen LogP contribution is 2.29. The van der Waals surface area contributed by atoms with Crippen molar-refractivity contribution in [3.63, 3.8) is 0 Å². The van der Waals surface area contributed by atoms with Crippen LogP contribution >= 0.6 is 0 Å². The van der Waals surface area contributed by atoms with Gasteiger partial charge in [-0.3, -0.25) is 9.59 Å². The molecule has 1 heterocycles. The lowest BCUT2D eigenvalue weighted by atomic mass is 10.2. The molecule has 1 saturated heterocycles. The molecule has 166 valence electrons. The molecule has 1 aliphatic heterocycles. The zero-order chi connectivity index (χ0) is 22.4. The Labute approximate surface area is 179 Å². The Kier molecular flexibility index (Phi) is 7.28. The first-order valence-corrected chi connectivity index (χ1v) is 9.91. The number of ether oxygens (including phenoxy) is 2. The molecule has 3 rings (SSSR count). The maximum atomic E-state index is 12.4. The molecule has 2 aromatic carbocycles. The van der Waals surface area contributed by atoms with E-state index in [0.29, 0.717) is 11.6 Å². The Morgan fingerprint density at radius 1 is 1.16 bits per heavy atom. The number of benzene rings is 2. The summed E-state index contributed by atoms with van der Waals surface area (Å²) in [7, 11) is 1.28. The van der Waals surface area contributed by atoms with Gasteiger partial charge in [-0.15, -0.1) is 0 Å². The summed E-state index contributed by atoms with van der Waals surface area (Å²) in [5.41, 5.74) is 1.89. The minimum absolute atomic E-state index is 0.00936. The number of nitrogens with one attached hydrogen (secondary N) is 2. The van der Waals surface area contributed by atoms with Crippen molar-refractivity contribution in [2.24, 2.45) is 5.92 Å². The highest BCUT2D eigenvalue weighted by molar-refractivity contribution is 5.99. The second kappa shape index (κ2) is 10.1. The van der Waals surface area contributed by atoms with Gasteiger partial charge in [0.05, 0.1) is 13.7 Å². The highest BCUT2D eigenvalue weighted by atomic mass is 19.3. The zero-order valence-corrected chi connectivity index (χ0v) is 17.4. The van der Waals surface area contributed by atoms with Crippen molar-refractivity contribution in [3.05, 3.63) is 48.0 Å². The molecule has 2 N–H and O–H groups in total. The summed E-state index contributed by atoms with van der Waals surface area (Å²) < 4.78 is 34.1. The Balaban J connectivity index is 1.51. The van der Waals surface area contributed by atoms with Gasteiger partial charge in [-0.05, 0) is 54.8 Å². The number of hydrogen-bond donors (Lipinski definition) is 2. The normalized spacial score (nSPS) is 15.6. The molecule has 1 aliphatic rings. The van der Waals surface area contributed by atoms with E-state index in [0.717, 1.165) is 18.8 Å². The number of alkyl halides is 2. The number of carbonyl (C=O) groups is 2. The fourth-order valence-corrected chi connectivity index (χ4v) is 3.40. The minimum atomic E-state index is -3.01. The maximum Gasteiger partial charge on any atom is 0.387 e. The van der Waals surface area contributed by atoms with Gasteiger partial charge in [0.15, 0.2) is 11.5 Å². The average molecular weight is 433 g/mol. The molecular formula is C22H25F2N3O4. The molecule has 31 heavy (non-hydrogen) atoms. The van der Waals surface area contributed by atoms with E-state index in [1.165, 1.54) is 31.7 Å². The van der Waals surface area contributed by atoms with Gasteiger partial charge in [0, 0.05) is 30.0 Å². The van der Waals surface area contributed by atoms with Crippen molar-refractivity contribution >= 4 is 23.2 Å². The van der Waals surface area contributed by atoms with Crippen LogP contribution in [-0.4, -0.2) is 45.2 Å². The second-order valence-electron chi connectivity index (χ2n) is 7.36. The summed E-state index contributed by atoms with van der Waals surface area (Å²) in [6, 6.07) is 11.4. The van der Waals surface area contributed by atoms with E-state index in [-0.39, 0.29) is 29.5 Å². The van der Waals surface area contributed by atoms with Gasteiger partial charge in [0.1, 0.15) is 0 Å². The molecule has 0 radical (unpaired) electrons. The zero-order valence-electron chi connectivity index (χ0n) is 17.4. The molecule has 0 spiro atoms. The van der Waals surface area contributed by atoms with Crippen molar-refractivity contribution in [1.82, 2.24) is 5.32 Å². The van der Waals surface area contributed by atoms with E-state index < -0.39 is 12.5 Å². The van der Waals surface area contributed by atoms with Crippen LogP contribution in [0, 0.1) is 5.92 Å². The standard InChI is InChI=1S/C22H25F2N3O4/c1-14-9-10-27(13-14)17-6-4-16(5-7-17)26-20(28)12-25-21(29)15-3-8-18(31-22(23)24)19(11-15)30-2/h3-8,11,14,22H,9-10,12-13H2,1-2H3,(H,25,29)(H,26,28). The third kappa shape index (κ3) is 6.07. The lowest BCUT2D eigenvalue weighted by Gasteiger charge is -2.18. The van der Waals surface area contributed by atoms with E-state index in [1.807, 2.05) is 24.3 Å². The predicted molar refractivity (Wildman–Crippen MR) is 113 cm³/mol. The SMILES string of the molecule is COc1cc(C(=O)NCC(=O)Nc2ccc(N3CCC(C)C3)cc2)ccc1OC(F)F. The number of hydrogen-bond acceptors (Lipinski definition) is 5. The van der Waals surface area contributed by atoms with Crippen molar-refractivity contribution < 1.29 is 27.8 Å². The largest absolute Gasteiger partial charge is 0.493 e. The van der Waals surface area contributed by atoms with E-state index in [1.54, 1.807) is 0 Å². The van der Waals surface area contributed by atoms with Gasteiger partial charge in [-0.2, -0.15) is 8.78 Å². The number of halogens is 2. The summed E-state index contributed by atoms with van der Waals surface area (Å²) in [5.74, 6) is -0.449. The molecule has 1 atom stereocenters. The van der Waals surface area contributed by atoms with Crippen LogP contribution in [0.4, 0.5) is 20.2 Å². The molecule has 9 heteroatoms. The molecule has 2 aromatic rings. The molecule has 2 amide bonds. The van der Waals surface area contributed by atoms with Gasteiger partial charge in [-0.1, -0.05) is 6.92 Å². The van der Waals surface area contributed by atoms with Gasteiger partial charge < -0.3 is 25.0 Å². The number of amides is 2. The van der Waals surface area contributed by atoms with Crippen LogP contribution in [0.25, 0.3) is 0 Å². The fraction of sp³-hybridized carbons (Fsp3) is 0.364. The van der Waals surface area contributed by atoms with Crippen LogP contribution in [0.5, 0.6) is 11.5 Å². The molecule has 0 aromatic heterocycles. The quantitative estimate of drug-likeness (QED) is 0.666. The first-order valence-electron chi connectivity index (χ1n) is 9.91. The van der Waals surface area contributed by atoms with E-state index >= 15 is 0 Å². The summed E-state index contributed by atoms with van der Waals surface area (Å²) in [4.78, 5) is 26.8. The molecule has 1 fully saturated rings. The lowest BCUT2D eigenvalue weighted by molar-refractivity contribution is -0.115. The van der Waals surface area contributed by atoms with Gasteiger partial charge >= 0.3 is 6.61 Å². The minimum Gasteiger partial charge on any atom is -0.493 e. The molecule has 7 nitrogen and oxygen atoms in total. The van der Waals surface area contributed by atoms with Crippen LogP contribution in [-0.2, 0) is 4.79 Å². The summed E-state index contributed by atoms with van der Waals surface area (Å²) in [6.45, 7) is 1.02.